The van der Waals surface area contributed by atoms with Crippen LogP contribution in [0.15, 0.2) is 0 Å². The summed E-state index contributed by atoms with van der Waals surface area (Å²) >= 11 is 3.48. The lowest BCUT2D eigenvalue weighted by Gasteiger charge is -2.32. The summed E-state index contributed by atoms with van der Waals surface area (Å²) in [6.07, 6.45) is 5.50. The molecule has 14 heavy (non-hydrogen) atoms. The number of hydrogen-bond acceptors (Lipinski definition) is 2. The molecule has 84 valence electrons. The number of hydrogen-bond donors (Lipinski definition) is 1. The molecule has 1 fully saturated rings. The molecule has 1 saturated heterocycles. The van der Waals surface area contributed by atoms with Gasteiger partial charge in [-0.1, -0.05) is 22.4 Å². The average Bonchev–Trinajstić information content (AvgIpc) is 2.20. The van der Waals surface area contributed by atoms with Crippen LogP contribution in [0, 0.1) is 0 Å². The molecule has 0 amide bonds. The maximum Gasteiger partial charge on any atom is 0.0183 e. The van der Waals surface area contributed by atoms with E-state index < -0.39 is 0 Å². The second kappa shape index (κ2) is 6.81. The van der Waals surface area contributed by atoms with Gasteiger partial charge in [0.1, 0.15) is 0 Å². The predicted molar refractivity (Wildman–Crippen MR) is 66.1 cm³/mol. The van der Waals surface area contributed by atoms with Gasteiger partial charge in [-0.15, -0.1) is 0 Å². The fourth-order valence-corrected chi connectivity index (χ4v) is 2.29. The van der Waals surface area contributed by atoms with Gasteiger partial charge in [0.2, 0.25) is 0 Å². The molecule has 1 aliphatic rings. The Labute approximate surface area is 96.6 Å². The Kier molecular flexibility index (Phi) is 6.06. The zero-order valence-corrected chi connectivity index (χ0v) is 11.0. The van der Waals surface area contributed by atoms with Gasteiger partial charge in [0, 0.05) is 17.4 Å². The summed E-state index contributed by atoms with van der Waals surface area (Å²) in [6.45, 7) is 4.67. The van der Waals surface area contributed by atoms with Gasteiger partial charge < -0.3 is 10.2 Å². The molecule has 0 aromatic rings. The van der Waals surface area contributed by atoms with E-state index in [1.807, 2.05) is 0 Å². The summed E-state index contributed by atoms with van der Waals surface area (Å²) in [6, 6.07) is 1.42. The molecule has 1 heterocycles. The van der Waals surface area contributed by atoms with Gasteiger partial charge >= 0.3 is 0 Å². The zero-order valence-electron chi connectivity index (χ0n) is 9.43. The van der Waals surface area contributed by atoms with E-state index in [0.717, 1.165) is 17.9 Å². The van der Waals surface area contributed by atoms with Crippen molar-refractivity contribution < 1.29 is 0 Å². The van der Waals surface area contributed by atoms with Gasteiger partial charge in [0.05, 0.1) is 0 Å². The van der Waals surface area contributed by atoms with Gasteiger partial charge in [-0.2, -0.15) is 0 Å². The van der Waals surface area contributed by atoms with Crippen molar-refractivity contribution in [1.29, 1.82) is 0 Å². The van der Waals surface area contributed by atoms with Crippen LogP contribution < -0.4 is 5.32 Å². The minimum atomic E-state index is 0.601. The van der Waals surface area contributed by atoms with Gasteiger partial charge in [-0.05, 0) is 46.3 Å². The Hall–Kier alpha value is 0.400. The summed E-state index contributed by atoms with van der Waals surface area (Å²) in [4.78, 5) is 2.52. The van der Waals surface area contributed by atoms with E-state index in [1.54, 1.807) is 0 Å². The molecule has 0 spiro atoms. The topological polar surface area (TPSA) is 15.3 Å². The molecule has 1 rings (SSSR count). The van der Waals surface area contributed by atoms with Crippen molar-refractivity contribution in [3.8, 4) is 0 Å². The highest BCUT2D eigenvalue weighted by Gasteiger charge is 2.17. The molecule has 0 radical (unpaired) electrons. The van der Waals surface area contributed by atoms with Crippen molar-refractivity contribution in [3.63, 3.8) is 0 Å². The van der Waals surface area contributed by atoms with E-state index in [9.17, 15) is 0 Å². The number of likely N-dealkylation sites (tertiary alicyclic amines) is 1. The molecular formula is C11H23BrN2. The van der Waals surface area contributed by atoms with Crippen molar-refractivity contribution in [1.82, 2.24) is 10.2 Å². The van der Waals surface area contributed by atoms with E-state index in [-0.39, 0.29) is 0 Å². The van der Waals surface area contributed by atoms with Crippen LogP contribution >= 0.6 is 15.9 Å². The molecule has 1 aliphatic heterocycles. The highest BCUT2D eigenvalue weighted by atomic mass is 79.9. The van der Waals surface area contributed by atoms with E-state index in [1.165, 1.54) is 32.2 Å². The SMILES string of the molecule is CC(CBr)NCCC1CCCCN1C. The third kappa shape index (κ3) is 4.28. The minimum Gasteiger partial charge on any atom is -0.313 e. The van der Waals surface area contributed by atoms with Crippen LogP contribution in [-0.2, 0) is 0 Å². The number of alkyl halides is 1. The number of piperidine rings is 1. The van der Waals surface area contributed by atoms with E-state index in [0.29, 0.717) is 6.04 Å². The Morgan fingerprint density at radius 3 is 2.93 bits per heavy atom. The van der Waals surface area contributed by atoms with Crippen molar-refractivity contribution in [3.05, 3.63) is 0 Å². The monoisotopic (exact) mass is 262 g/mol. The molecule has 1 N–H and O–H groups in total. The summed E-state index contributed by atoms with van der Waals surface area (Å²) in [5.74, 6) is 0. The fraction of sp³-hybridized carbons (Fsp3) is 1.00. The number of rotatable bonds is 5. The molecule has 2 atom stereocenters. The third-order valence-corrected chi connectivity index (χ3v) is 4.09. The molecule has 0 aromatic heterocycles. The molecule has 0 bridgehead atoms. The Morgan fingerprint density at radius 1 is 1.50 bits per heavy atom. The second-order valence-corrected chi connectivity index (χ2v) is 5.08. The van der Waals surface area contributed by atoms with E-state index in [4.69, 9.17) is 0 Å². The van der Waals surface area contributed by atoms with Crippen LogP contribution in [0.25, 0.3) is 0 Å². The quantitative estimate of drug-likeness (QED) is 0.765. The van der Waals surface area contributed by atoms with Crippen LogP contribution in [0.4, 0.5) is 0 Å². The molecule has 0 aliphatic carbocycles. The average molecular weight is 263 g/mol. The third-order valence-electron chi connectivity index (χ3n) is 3.12. The highest BCUT2D eigenvalue weighted by Crippen LogP contribution is 2.17. The van der Waals surface area contributed by atoms with Crippen molar-refractivity contribution in [2.45, 2.75) is 44.7 Å². The maximum atomic E-state index is 3.53. The Balaban J connectivity index is 2.10. The first-order valence-corrected chi connectivity index (χ1v) is 6.85. The van der Waals surface area contributed by atoms with Crippen LogP contribution in [0.3, 0.4) is 0 Å². The first kappa shape index (κ1) is 12.5. The van der Waals surface area contributed by atoms with Crippen LogP contribution in [0.5, 0.6) is 0 Å². The molecule has 0 aromatic carbocycles. The predicted octanol–water partition coefficient (Wildman–Crippen LogP) is 2.23. The normalized spacial score (nSPS) is 26.4. The summed E-state index contributed by atoms with van der Waals surface area (Å²) in [5, 5.41) is 4.58. The highest BCUT2D eigenvalue weighted by molar-refractivity contribution is 9.09. The lowest BCUT2D eigenvalue weighted by atomic mass is 10.0. The van der Waals surface area contributed by atoms with Gasteiger partial charge in [0.15, 0.2) is 0 Å². The van der Waals surface area contributed by atoms with Crippen LogP contribution in [-0.4, -0.2) is 42.5 Å². The lowest BCUT2D eigenvalue weighted by Crippen LogP contribution is -2.39. The van der Waals surface area contributed by atoms with Crippen molar-refractivity contribution >= 4 is 15.9 Å². The van der Waals surface area contributed by atoms with Gasteiger partial charge in [0.25, 0.3) is 0 Å². The number of nitrogens with one attached hydrogen (secondary N) is 1. The Bertz CT molecular complexity index is 152. The number of halogens is 1. The standard InChI is InChI=1S/C11H23BrN2/c1-10(9-12)13-7-6-11-5-3-4-8-14(11)2/h10-11,13H,3-9H2,1-2H3. The Morgan fingerprint density at radius 2 is 2.29 bits per heavy atom. The van der Waals surface area contributed by atoms with Crippen molar-refractivity contribution in [2.24, 2.45) is 0 Å². The summed E-state index contributed by atoms with van der Waals surface area (Å²) in [7, 11) is 2.26. The number of nitrogens with zero attached hydrogens (tertiary/aromatic N) is 1. The van der Waals surface area contributed by atoms with Gasteiger partial charge in [-0.25, -0.2) is 0 Å². The first-order chi connectivity index (χ1) is 6.74. The summed E-state index contributed by atoms with van der Waals surface area (Å²) < 4.78 is 0. The molecule has 2 unspecified atom stereocenters. The first-order valence-electron chi connectivity index (χ1n) is 5.73. The lowest BCUT2D eigenvalue weighted by molar-refractivity contribution is 0.175. The van der Waals surface area contributed by atoms with Crippen LogP contribution in [0.1, 0.15) is 32.6 Å². The molecular weight excluding hydrogens is 240 g/mol. The van der Waals surface area contributed by atoms with Crippen molar-refractivity contribution in [2.75, 3.05) is 25.5 Å². The zero-order chi connectivity index (χ0) is 10.4. The fourth-order valence-electron chi connectivity index (χ4n) is 2.06. The van der Waals surface area contributed by atoms with E-state index in [2.05, 4.69) is 40.1 Å². The second-order valence-electron chi connectivity index (χ2n) is 4.43. The molecule has 3 heteroatoms. The largest absolute Gasteiger partial charge is 0.313 e. The van der Waals surface area contributed by atoms with Crippen LogP contribution in [0.2, 0.25) is 0 Å². The molecule has 0 saturated carbocycles. The van der Waals surface area contributed by atoms with E-state index >= 15 is 0 Å². The smallest absolute Gasteiger partial charge is 0.0183 e. The molecule has 2 nitrogen and oxygen atoms in total. The maximum absolute atomic E-state index is 3.53. The minimum absolute atomic E-state index is 0.601. The van der Waals surface area contributed by atoms with Gasteiger partial charge in [-0.3, -0.25) is 0 Å². The summed E-state index contributed by atoms with van der Waals surface area (Å²) in [5.41, 5.74) is 0.